The van der Waals surface area contributed by atoms with Crippen molar-refractivity contribution in [1.29, 1.82) is 0 Å². The minimum absolute atomic E-state index is 0.490. The number of hydrogen-bond acceptors (Lipinski definition) is 5. The Hall–Kier alpha value is -2.14. The maximum absolute atomic E-state index is 5.85. The minimum atomic E-state index is 0.490. The third kappa shape index (κ3) is 3.31. The van der Waals surface area contributed by atoms with Crippen molar-refractivity contribution in [2.45, 2.75) is 19.3 Å². The fraction of sp³-hybridized carbons (Fsp3) is 0.375. The van der Waals surface area contributed by atoms with E-state index in [1.165, 1.54) is 12.0 Å². The summed E-state index contributed by atoms with van der Waals surface area (Å²) in [5.74, 6) is 1.55. The van der Waals surface area contributed by atoms with Gasteiger partial charge in [0.25, 0.3) is 0 Å². The molecule has 0 aliphatic carbocycles. The number of aromatic nitrogens is 2. The maximum Gasteiger partial charge on any atom is 0.124 e. The second kappa shape index (κ2) is 6.10. The van der Waals surface area contributed by atoms with E-state index in [0.29, 0.717) is 17.6 Å². The second-order valence-corrected chi connectivity index (χ2v) is 5.50. The van der Waals surface area contributed by atoms with Crippen LogP contribution in [0.25, 0.3) is 11.3 Å². The molecule has 4 N–H and O–H groups in total. The number of nitrogens with two attached hydrogens (primary N) is 2. The normalized spacial score (nSPS) is 18.6. The number of nitrogen functional groups attached to an aromatic ring is 2. The second-order valence-electron chi connectivity index (χ2n) is 5.50. The van der Waals surface area contributed by atoms with Gasteiger partial charge in [-0.25, -0.2) is 9.97 Å². The van der Waals surface area contributed by atoms with Crippen LogP contribution in [-0.4, -0.2) is 23.2 Å². The molecule has 1 atom stereocenters. The Labute approximate surface area is 124 Å². The Morgan fingerprint density at radius 3 is 2.86 bits per heavy atom. The van der Waals surface area contributed by atoms with Gasteiger partial charge in [0.1, 0.15) is 11.6 Å². The van der Waals surface area contributed by atoms with Crippen LogP contribution in [0.5, 0.6) is 0 Å². The average molecular weight is 284 g/mol. The number of ether oxygens (including phenoxy) is 1. The number of rotatable bonds is 3. The fourth-order valence-electron chi connectivity index (χ4n) is 2.79. The van der Waals surface area contributed by atoms with Gasteiger partial charge in [-0.15, -0.1) is 0 Å². The first kappa shape index (κ1) is 13.8. The molecular formula is C16H20N4O. The monoisotopic (exact) mass is 284 g/mol. The van der Waals surface area contributed by atoms with Crippen molar-refractivity contribution in [3.05, 3.63) is 36.0 Å². The highest BCUT2D eigenvalue weighted by Gasteiger charge is 2.17. The van der Waals surface area contributed by atoms with Crippen LogP contribution in [-0.2, 0) is 11.2 Å². The lowest BCUT2D eigenvalue weighted by molar-refractivity contribution is 0.0550. The van der Waals surface area contributed by atoms with E-state index < -0.39 is 0 Å². The molecule has 3 heterocycles. The third-order valence-electron chi connectivity index (χ3n) is 3.82. The molecule has 2 aromatic heterocycles. The van der Waals surface area contributed by atoms with Gasteiger partial charge in [-0.3, -0.25) is 0 Å². The molecular weight excluding hydrogens is 264 g/mol. The summed E-state index contributed by atoms with van der Waals surface area (Å²) < 4.78 is 5.57. The van der Waals surface area contributed by atoms with Crippen LogP contribution >= 0.6 is 0 Å². The molecule has 1 saturated heterocycles. The molecule has 2 aromatic rings. The zero-order valence-corrected chi connectivity index (χ0v) is 12.0. The molecule has 21 heavy (non-hydrogen) atoms. The Morgan fingerprint density at radius 1 is 1.19 bits per heavy atom. The highest BCUT2D eigenvalue weighted by atomic mass is 16.5. The summed E-state index contributed by atoms with van der Waals surface area (Å²) in [6.45, 7) is 1.70. The van der Waals surface area contributed by atoms with E-state index >= 15 is 0 Å². The maximum atomic E-state index is 5.85. The van der Waals surface area contributed by atoms with Crippen LogP contribution in [0.2, 0.25) is 0 Å². The number of pyridine rings is 2. The molecule has 1 fully saturated rings. The highest BCUT2D eigenvalue weighted by Crippen LogP contribution is 2.28. The van der Waals surface area contributed by atoms with Crippen LogP contribution < -0.4 is 11.5 Å². The molecule has 5 heteroatoms. The Morgan fingerprint density at radius 2 is 2.10 bits per heavy atom. The van der Waals surface area contributed by atoms with Crippen molar-refractivity contribution >= 4 is 11.6 Å². The van der Waals surface area contributed by atoms with Crippen molar-refractivity contribution in [1.82, 2.24) is 9.97 Å². The highest BCUT2D eigenvalue weighted by molar-refractivity contribution is 5.67. The smallest absolute Gasteiger partial charge is 0.124 e. The van der Waals surface area contributed by atoms with E-state index in [-0.39, 0.29) is 0 Å². The average Bonchev–Trinajstić information content (AvgIpc) is 2.50. The molecule has 0 radical (unpaired) electrons. The predicted octanol–water partition coefficient (Wildman–Crippen LogP) is 2.28. The van der Waals surface area contributed by atoms with Crippen LogP contribution in [0.4, 0.5) is 11.6 Å². The van der Waals surface area contributed by atoms with Crippen LogP contribution in [0.3, 0.4) is 0 Å². The lowest BCUT2D eigenvalue weighted by Crippen LogP contribution is -2.19. The summed E-state index contributed by atoms with van der Waals surface area (Å²) >= 11 is 0. The molecule has 3 rings (SSSR count). The van der Waals surface area contributed by atoms with E-state index in [1.807, 2.05) is 18.2 Å². The molecule has 1 aliphatic rings. The summed E-state index contributed by atoms with van der Waals surface area (Å²) in [6.07, 6.45) is 4.97. The predicted molar refractivity (Wildman–Crippen MR) is 83.5 cm³/mol. The molecule has 0 aromatic carbocycles. The first-order chi connectivity index (χ1) is 10.2. The third-order valence-corrected chi connectivity index (χ3v) is 3.82. The Kier molecular flexibility index (Phi) is 4.01. The van der Waals surface area contributed by atoms with Gasteiger partial charge in [-0.1, -0.05) is 6.07 Å². The summed E-state index contributed by atoms with van der Waals surface area (Å²) in [7, 11) is 0. The molecule has 5 nitrogen and oxygen atoms in total. The van der Waals surface area contributed by atoms with Gasteiger partial charge in [0.15, 0.2) is 0 Å². The Bertz CT molecular complexity index is 623. The first-order valence-corrected chi connectivity index (χ1v) is 7.27. The van der Waals surface area contributed by atoms with E-state index in [2.05, 4.69) is 16.0 Å². The number of anilines is 2. The van der Waals surface area contributed by atoms with Gasteiger partial charge in [0, 0.05) is 25.0 Å². The van der Waals surface area contributed by atoms with Crippen LogP contribution in [0.15, 0.2) is 30.5 Å². The quantitative estimate of drug-likeness (QED) is 0.903. The largest absolute Gasteiger partial charge is 0.384 e. The molecule has 0 amide bonds. The van der Waals surface area contributed by atoms with E-state index in [4.69, 9.17) is 16.2 Å². The van der Waals surface area contributed by atoms with E-state index in [1.54, 1.807) is 6.20 Å². The van der Waals surface area contributed by atoms with E-state index in [0.717, 1.165) is 37.3 Å². The lowest BCUT2D eigenvalue weighted by Gasteiger charge is -2.23. The van der Waals surface area contributed by atoms with Crippen molar-refractivity contribution in [3.8, 4) is 11.3 Å². The van der Waals surface area contributed by atoms with Gasteiger partial charge < -0.3 is 16.2 Å². The number of hydrogen-bond donors (Lipinski definition) is 2. The number of nitrogens with zero attached hydrogens (tertiary/aromatic N) is 2. The first-order valence-electron chi connectivity index (χ1n) is 7.27. The van der Waals surface area contributed by atoms with Crippen LogP contribution in [0.1, 0.15) is 18.4 Å². The topological polar surface area (TPSA) is 87.0 Å². The standard InChI is InChI=1S/C16H20N4O/c17-14-4-3-12(8-11-2-1-7-21-10-11)16(20-14)13-5-6-19-15(18)9-13/h3-6,9,11H,1-2,7-8,10H2,(H2,17,20)(H2,18,19)/t11-/m0/s1. The van der Waals surface area contributed by atoms with Crippen molar-refractivity contribution in [3.63, 3.8) is 0 Å². The summed E-state index contributed by atoms with van der Waals surface area (Å²) in [4.78, 5) is 8.54. The summed E-state index contributed by atoms with van der Waals surface area (Å²) in [5, 5.41) is 0. The molecule has 110 valence electrons. The van der Waals surface area contributed by atoms with E-state index in [9.17, 15) is 0 Å². The molecule has 0 unspecified atom stereocenters. The molecule has 0 spiro atoms. The summed E-state index contributed by atoms with van der Waals surface area (Å²) in [5.41, 5.74) is 14.7. The zero-order chi connectivity index (χ0) is 14.7. The summed E-state index contributed by atoms with van der Waals surface area (Å²) in [6, 6.07) is 7.66. The van der Waals surface area contributed by atoms with Crippen molar-refractivity contribution in [2.24, 2.45) is 5.92 Å². The SMILES string of the molecule is Nc1cc(-c2nc(N)ccc2C[C@@H]2CCCOC2)ccn1. The fourth-order valence-corrected chi connectivity index (χ4v) is 2.79. The molecule has 0 bridgehead atoms. The van der Waals surface area contributed by atoms with Crippen LogP contribution in [0, 0.1) is 5.92 Å². The van der Waals surface area contributed by atoms with Gasteiger partial charge in [0.2, 0.25) is 0 Å². The van der Waals surface area contributed by atoms with Gasteiger partial charge in [-0.05, 0) is 48.9 Å². The van der Waals surface area contributed by atoms with Crippen molar-refractivity contribution in [2.75, 3.05) is 24.7 Å². The van der Waals surface area contributed by atoms with Gasteiger partial charge >= 0.3 is 0 Å². The molecule has 0 saturated carbocycles. The Balaban J connectivity index is 1.92. The van der Waals surface area contributed by atoms with Gasteiger partial charge in [0.05, 0.1) is 5.69 Å². The van der Waals surface area contributed by atoms with Crippen molar-refractivity contribution < 1.29 is 4.74 Å². The van der Waals surface area contributed by atoms with Gasteiger partial charge in [-0.2, -0.15) is 0 Å². The lowest BCUT2D eigenvalue weighted by atomic mass is 9.92. The zero-order valence-electron chi connectivity index (χ0n) is 12.0. The minimum Gasteiger partial charge on any atom is -0.384 e. The molecule has 1 aliphatic heterocycles.